The van der Waals surface area contributed by atoms with Gasteiger partial charge in [0.05, 0.1) is 18.7 Å². The first kappa shape index (κ1) is 15.5. The summed E-state index contributed by atoms with van der Waals surface area (Å²) in [7, 11) is 3.94. The molecule has 5 atom stereocenters. The summed E-state index contributed by atoms with van der Waals surface area (Å²) in [5.74, 6) is 1.85. The Kier molecular flexibility index (Phi) is 3.32. The number of aliphatic hydroxyl groups excluding tert-OH is 1. The van der Waals surface area contributed by atoms with Gasteiger partial charge in [0.2, 0.25) is 0 Å². The molecule has 4 nitrogen and oxygen atoms in total. The molecular weight excluding hydrogens is 312 g/mol. The number of ether oxygens (including phenoxy) is 1. The maximum absolute atomic E-state index is 10.1. The molecule has 25 heavy (non-hydrogen) atoms. The zero-order valence-electron chi connectivity index (χ0n) is 15.2. The van der Waals surface area contributed by atoms with E-state index in [0.717, 1.165) is 25.1 Å². The smallest absolute Gasteiger partial charge is 0.143 e. The molecule has 132 valence electrons. The Morgan fingerprint density at radius 1 is 1.36 bits per heavy atom. The van der Waals surface area contributed by atoms with Gasteiger partial charge in [0.25, 0.3) is 0 Å². The van der Waals surface area contributed by atoms with Crippen molar-refractivity contribution in [3.8, 4) is 5.75 Å². The Labute approximate surface area is 148 Å². The zero-order valence-corrected chi connectivity index (χ0v) is 15.2. The molecule has 0 spiro atoms. The number of piperidine rings is 3. The Hall–Kier alpha value is -1.78. The van der Waals surface area contributed by atoms with Crippen LogP contribution in [0.1, 0.15) is 30.6 Å². The molecule has 5 unspecified atom stereocenters. The second kappa shape index (κ2) is 5.36. The van der Waals surface area contributed by atoms with E-state index in [4.69, 9.17) is 4.74 Å². The van der Waals surface area contributed by atoms with Crippen LogP contribution in [-0.4, -0.2) is 40.9 Å². The normalized spacial score (nSPS) is 34.6. The molecule has 2 aromatic rings. The average molecular weight is 338 g/mol. The summed E-state index contributed by atoms with van der Waals surface area (Å²) < 4.78 is 8.02. The molecule has 4 aliphatic heterocycles. The minimum atomic E-state index is 0.291. The van der Waals surface area contributed by atoms with Gasteiger partial charge in [0.1, 0.15) is 5.75 Å². The van der Waals surface area contributed by atoms with E-state index in [-0.39, 0.29) is 0 Å². The molecule has 4 bridgehead atoms. The molecule has 4 aliphatic rings. The molecule has 3 fully saturated rings. The Morgan fingerprint density at radius 3 is 2.92 bits per heavy atom. The summed E-state index contributed by atoms with van der Waals surface area (Å²) in [5, 5.41) is 11.4. The lowest BCUT2D eigenvalue weighted by atomic mass is 9.64. The highest BCUT2D eigenvalue weighted by molar-refractivity contribution is 5.91. The SMILES string of the molecule is C/C=C1\CN2C3CC1C(CO)C2Cc1c3n(C)c2c(OC)cccc12. The van der Waals surface area contributed by atoms with Crippen LogP contribution in [0.2, 0.25) is 0 Å². The quantitative estimate of drug-likeness (QED) is 0.855. The molecule has 0 radical (unpaired) electrons. The van der Waals surface area contributed by atoms with E-state index in [2.05, 4.69) is 47.7 Å². The van der Waals surface area contributed by atoms with E-state index >= 15 is 0 Å². The second-order valence-corrected chi connectivity index (χ2v) is 7.79. The standard InChI is InChI=1S/C21H26N2O2/c1-4-12-10-23-17-9-15-13-6-5-7-19(25-3)21(13)22(2)20(15)18(23)8-14(12)16(17)11-24/h4-7,14,16-18,24H,8-11H2,1-3H3/b12-4+. The third kappa shape index (κ3) is 1.84. The third-order valence-corrected chi connectivity index (χ3v) is 7.02. The van der Waals surface area contributed by atoms with Gasteiger partial charge in [-0.3, -0.25) is 4.90 Å². The van der Waals surface area contributed by atoms with Gasteiger partial charge < -0.3 is 14.4 Å². The average Bonchev–Trinajstić information content (AvgIpc) is 2.94. The third-order valence-electron chi connectivity index (χ3n) is 7.02. The number of fused-ring (bicyclic) bond motifs is 4. The van der Waals surface area contributed by atoms with Crippen molar-refractivity contribution in [2.24, 2.45) is 18.9 Å². The van der Waals surface area contributed by atoms with Crippen LogP contribution in [0, 0.1) is 11.8 Å². The van der Waals surface area contributed by atoms with Gasteiger partial charge in [-0.2, -0.15) is 0 Å². The summed E-state index contributed by atoms with van der Waals surface area (Å²) in [4.78, 5) is 2.66. The van der Waals surface area contributed by atoms with Crippen molar-refractivity contribution in [1.82, 2.24) is 9.47 Å². The molecule has 0 aliphatic carbocycles. The highest BCUT2D eigenvalue weighted by Gasteiger charge is 2.53. The number of nitrogens with zero attached hydrogens (tertiary/aromatic N) is 2. The predicted octanol–water partition coefficient (Wildman–Crippen LogP) is 3.04. The fraction of sp³-hybridized carbons (Fsp3) is 0.524. The number of aliphatic hydroxyl groups is 1. The summed E-state index contributed by atoms with van der Waals surface area (Å²) in [5.41, 5.74) is 5.67. The largest absolute Gasteiger partial charge is 0.495 e. The number of allylic oxidation sites excluding steroid dienone is 1. The monoisotopic (exact) mass is 338 g/mol. The lowest BCUT2D eigenvalue weighted by Crippen LogP contribution is -2.61. The van der Waals surface area contributed by atoms with E-state index in [0.29, 0.717) is 30.5 Å². The van der Waals surface area contributed by atoms with Crippen molar-refractivity contribution < 1.29 is 9.84 Å². The van der Waals surface area contributed by atoms with Crippen LogP contribution >= 0.6 is 0 Å². The minimum absolute atomic E-state index is 0.291. The van der Waals surface area contributed by atoms with Crippen LogP contribution in [0.3, 0.4) is 0 Å². The summed E-state index contributed by atoms with van der Waals surface area (Å²) in [6.45, 7) is 3.50. The minimum Gasteiger partial charge on any atom is -0.495 e. The molecule has 3 saturated heterocycles. The van der Waals surface area contributed by atoms with Gasteiger partial charge in [0.15, 0.2) is 0 Å². The molecule has 1 aromatic carbocycles. The lowest BCUT2D eigenvalue weighted by Gasteiger charge is -2.58. The number of para-hydroxylation sites is 1. The molecule has 4 heteroatoms. The van der Waals surface area contributed by atoms with Gasteiger partial charge in [-0.25, -0.2) is 0 Å². The van der Waals surface area contributed by atoms with Crippen LogP contribution in [0.5, 0.6) is 5.75 Å². The first-order chi connectivity index (χ1) is 12.2. The summed E-state index contributed by atoms with van der Waals surface area (Å²) in [6.07, 6.45) is 4.44. The number of methoxy groups -OCH3 is 1. The molecular formula is C21H26N2O2. The number of aromatic nitrogens is 1. The number of benzene rings is 1. The zero-order chi connectivity index (χ0) is 17.3. The van der Waals surface area contributed by atoms with Crippen molar-refractivity contribution in [2.45, 2.75) is 31.8 Å². The Morgan fingerprint density at radius 2 is 2.20 bits per heavy atom. The van der Waals surface area contributed by atoms with Crippen molar-refractivity contribution >= 4 is 10.9 Å². The summed E-state index contributed by atoms with van der Waals surface area (Å²) >= 11 is 0. The predicted molar refractivity (Wildman–Crippen MR) is 98.8 cm³/mol. The Bertz CT molecular complexity index is 882. The first-order valence-corrected chi connectivity index (χ1v) is 9.35. The maximum atomic E-state index is 10.1. The van der Waals surface area contributed by atoms with Crippen molar-refractivity contribution in [2.75, 3.05) is 20.3 Å². The van der Waals surface area contributed by atoms with E-state index < -0.39 is 0 Å². The highest BCUT2D eigenvalue weighted by atomic mass is 16.5. The van der Waals surface area contributed by atoms with Gasteiger partial charge in [-0.15, -0.1) is 0 Å². The van der Waals surface area contributed by atoms with Gasteiger partial charge in [0, 0.05) is 43.2 Å². The maximum Gasteiger partial charge on any atom is 0.143 e. The number of rotatable bonds is 2. The van der Waals surface area contributed by atoms with Crippen LogP contribution in [0.4, 0.5) is 0 Å². The van der Waals surface area contributed by atoms with E-state index in [1.54, 1.807) is 7.11 Å². The van der Waals surface area contributed by atoms with E-state index in [1.807, 2.05) is 0 Å². The molecule has 0 saturated carbocycles. The van der Waals surface area contributed by atoms with Crippen LogP contribution < -0.4 is 4.74 Å². The molecule has 6 rings (SSSR count). The molecule has 5 heterocycles. The Balaban J connectivity index is 1.73. The van der Waals surface area contributed by atoms with Crippen molar-refractivity contribution in [3.05, 3.63) is 41.1 Å². The number of hydrogen-bond acceptors (Lipinski definition) is 3. The van der Waals surface area contributed by atoms with Gasteiger partial charge in [-0.05, 0) is 37.3 Å². The molecule has 0 amide bonds. The fourth-order valence-electron chi connectivity index (χ4n) is 5.96. The van der Waals surface area contributed by atoms with Gasteiger partial charge >= 0.3 is 0 Å². The highest BCUT2D eigenvalue weighted by Crippen LogP contribution is 2.55. The van der Waals surface area contributed by atoms with E-state index in [1.165, 1.54) is 27.7 Å². The summed E-state index contributed by atoms with van der Waals surface area (Å²) in [6, 6.07) is 7.31. The van der Waals surface area contributed by atoms with Crippen LogP contribution in [-0.2, 0) is 13.5 Å². The van der Waals surface area contributed by atoms with Crippen LogP contribution in [0.25, 0.3) is 10.9 Å². The number of hydrogen-bond donors (Lipinski definition) is 1. The van der Waals surface area contributed by atoms with E-state index in [9.17, 15) is 5.11 Å². The lowest BCUT2D eigenvalue weighted by molar-refractivity contribution is -0.0513. The fourth-order valence-corrected chi connectivity index (χ4v) is 5.96. The number of aryl methyl sites for hydroxylation is 1. The van der Waals surface area contributed by atoms with Gasteiger partial charge in [-0.1, -0.05) is 23.8 Å². The molecule has 1 aromatic heterocycles. The second-order valence-electron chi connectivity index (χ2n) is 7.79. The first-order valence-electron chi connectivity index (χ1n) is 9.35. The molecule has 1 N–H and O–H groups in total. The van der Waals surface area contributed by atoms with Crippen LogP contribution in [0.15, 0.2) is 29.8 Å². The topological polar surface area (TPSA) is 37.6 Å². The van der Waals surface area contributed by atoms with Crippen molar-refractivity contribution in [3.63, 3.8) is 0 Å². The van der Waals surface area contributed by atoms with Crippen molar-refractivity contribution in [1.29, 1.82) is 0 Å².